The predicted octanol–water partition coefficient (Wildman–Crippen LogP) is 0.953. The Labute approximate surface area is 126 Å². The molecule has 1 amide bonds. The van der Waals surface area contributed by atoms with Crippen molar-refractivity contribution in [3.05, 3.63) is 0 Å². The molecular formula is C11H15N5O3S2. The molecule has 10 heteroatoms. The molecular weight excluding hydrogens is 314 g/mol. The van der Waals surface area contributed by atoms with Crippen LogP contribution in [0.2, 0.25) is 0 Å². The number of hydrogen-bond donors (Lipinski definition) is 1. The van der Waals surface area contributed by atoms with Crippen LogP contribution in [0.4, 0.5) is 5.13 Å². The van der Waals surface area contributed by atoms with Gasteiger partial charge < -0.3 is 5.32 Å². The Bertz CT molecular complexity index is 658. The molecule has 0 aromatic carbocycles. The lowest BCUT2D eigenvalue weighted by Gasteiger charge is -2.23. The molecule has 0 spiro atoms. The summed E-state index contributed by atoms with van der Waals surface area (Å²) in [6.07, 6.45) is 3.40. The van der Waals surface area contributed by atoms with E-state index in [2.05, 4.69) is 15.5 Å². The van der Waals surface area contributed by atoms with Crippen molar-refractivity contribution in [2.24, 2.45) is 0 Å². The molecule has 1 heterocycles. The first-order valence-electron chi connectivity index (χ1n) is 6.45. The second-order valence-corrected chi connectivity index (χ2v) is 7.74. The summed E-state index contributed by atoms with van der Waals surface area (Å²) in [5, 5.41) is 18.7. The Hall–Kier alpha value is -1.57. The Kier molecular flexibility index (Phi) is 4.87. The van der Waals surface area contributed by atoms with Gasteiger partial charge in [-0.2, -0.15) is 9.57 Å². The van der Waals surface area contributed by atoms with Crippen LogP contribution in [0.25, 0.3) is 0 Å². The highest BCUT2D eigenvalue weighted by Gasteiger charge is 2.35. The minimum Gasteiger partial charge on any atom is -0.301 e. The zero-order chi connectivity index (χ0) is 15.5. The van der Waals surface area contributed by atoms with Crippen molar-refractivity contribution in [1.82, 2.24) is 14.5 Å². The lowest BCUT2D eigenvalue weighted by atomic mass is 10.2. The molecule has 1 fully saturated rings. The van der Waals surface area contributed by atoms with Gasteiger partial charge in [0.1, 0.15) is 6.54 Å². The third kappa shape index (κ3) is 3.55. The summed E-state index contributed by atoms with van der Waals surface area (Å²) < 4.78 is 26.1. The van der Waals surface area contributed by atoms with Crippen molar-refractivity contribution < 1.29 is 13.2 Å². The minimum atomic E-state index is -3.86. The normalized spacial score (nSPS) is 16.0. The van der Waals surface area contributed by atoms with Gasteiger partial charge in [-0.3, -0.25) is 4.79 Å². The monoisotopic (exact) mass is 329 g/mol. The highest BCUT2D eigenvalue weighted by molar-refractivity contribution is 7.91. The summed E-state index contributed by atoms with van der Waals surface area (Å²) in [7, 11) is -3.86. The minimum absolute atomic E-state index is 0.129. The first-order chi connectivity index (χ1) is 9.95. The number of amides is 1. The van der Waals surface area contributed by atoms with Crippen LogP contribution in [0.15, 0.2) is 4.34 Å². The first-order valence-corrected chi connectivity index (χ1v) is 8.70. The number of nitriles is 1. The molecule has 8 nitrogen and oxygen atoms in total. The average molecular weight is 329 g/mol. The van der Waals surface area contributed by atoms with Gasteiger partial charge in [0.15, 0.2) is 0 Å². The van der Waals surface area contributed by atoms with E-state index in [0.29, 0.717) is 0 Å². The SMILES string of the molecule is CC(=O)Nc1nnc(S(=O)(=O)N(CC#N)C2CCCC2)s1. The van der Waals surface area contributed by atoms with Crippen molar-refractivity contribution in [3.63, 3.8) is 0 Å². The molecule has 0 bridgehead atoms. The molecule has 0 radical (unpaired) electrons. The highest BCUT2D eigenvalue weighted by Crippen LogP contribution is 2.30. The standard InChI is InChI=1S/C11H15N5O3S2/c1-8(17)13-10-14-15-11(20-10)21(18,19)16(7-6-12)9-4-2-3-5-9/h9H,2-5,7H2,1H3,(H,13,14,17). The molecule has 1 aromatic rings. The van der Waals surface area contributed by atoms with E-state index in [9.17, 15) is 13.2 Å². The van der Waals surface area contributed by atoms with Crippen molar-refractivity contribution in [1.29, 1.82) is 5.26 Å². The summed E-state index contributed by atoms with van der Waals surface area (Å²) in [6, 6.07) is 1.73. The fourth-order valence-corrected chi connectivity index (χ4v) is 4.93. The molecule has 0 aliphatic heterocycles. The smallest absolute Gasteiger partial charge is 0.273 e. The fraction of sp³-hybridized carbons (Fsp3) is 0.636. The maximum absolute atomic E-state index is 12.6. The number of rotatable bonds is 5. The second kappa shape index (κ2) is 6.46. The lowest BCUT2D eigenvalue weighted by molar-refractivity contribution is -0.114. The number of hydrogen-bond acceptors (Lipinski definition) is 7. The van der Waals surface area contributed by atoms with E-state index < -0.39 is 10.0 Å². The molecule has 1 aromatic heterocycles. The van der Waals surface area contributed by atoms with Gasteiger partial charge >= 0.3 is 0 Å². The van der Waals surface area contributed by atoms with E-state index in [1.165, 1.54) is 11.2 Å². The van der Waals surface area contributed by atoms with E-state index in [4.69, 9.17) is 5.26 Å². The molecule has 21 heavy (non-hydrogen) atoms. The van der Waals surface area contributed by atoms with E-state index in [1.54, 1.807) is 0 Å². The summed E-state index contributed by atoms with van der Waals surface area (Å²) in [6.45, 7) is 1.10. The van der Waals surface area contributed by atoms with Crippen LogP contribution in [0.3, 0.4) is 0 Å². The maximum atomic E-state index is 12.6. The van der Waals surface area contributed by atoms with Gasteiger partial charge in [-0.05, 0) is 12.8 Å². The third-order valence-corrected chi connectivity index (χ3v) is 6.26. The van der Waals surface area contributed by atoms with Gasteiger partial charge in [-0.15, -0.1) is 10.2 Å². The zero-order valence-corrected chi connectivity index (χ0v) is 13.1. The molecule has 0 unspecified atom stereocenters. The van der Waals surface area contributed by atoms with E-state index in [0.717, 1.165) is 37.0 Å². The van der Waals surface area contributed by atoms with E-state index in [-0.39, 0.29) is 28.0 Å². The maximum Gasteiger partial charge on any atom is 0.273 e. The lowest BCUT2D eigenvalue weighted by Crippen LogP contribution is -2.39. The number of nitrogens with one attached hydrogen (secondary N) is 1. The molecule has 1 aliphatic rings. The number of nitrogens with zero attached hydrogens (tertiary/aromatic N) is 4. The number of sulfonamides is 1. The first kappa shape index (κ1) is 15.8. The molecule has 0 atom stereocenters. The number of carbonyl (C=O) groups excluding carboxylic acids is 1. The zero-order valence-electron chi connectivity index (χ0n) is 11.4. The van der Waals surface area contributed by atoms with Crippen molar-refractivity contribution in [2.45, 2.75) is 43.0 Å². The third-order valence-electron chi connectivity index (χ3n) is 3.18. The van der Waals surface area contributed by atoms with Crippen molar-refractivity contribution in [3.8, 4) is 6.07 Å². The molecule has 114 valence electrons. The van der Waals surface area contributed by atoms with Gasteiger partial charge in [0, 0.05) is 13.0 Å². The van der Waals surface area contributed by atoms with Crippen molar-refractivity contribution in [2.75, 3.05) is 11.9 Å². The van der Waals surface area contributed by atoms with Crippen LogP contribution < -0.4 is 5.32 Å². The topological polar surface area (TPSA) is 116 Å². The molecule has 1 saturated carbocycles. The molecule has 1 aliphatic carbocycles. The summed E-state index contributed by atoms with van der Waals surface area (Å²) in [5.74, 6) is -0.347. The largest absolute Gasteiger partial charge is 0.301 e. The Balaban J connectivity index is 2.27. The van der Waals surface area contributed by atoms with E-state index >= 15 is 0 Å². The number of carbonyl (C=O) groups is 1. The Morgan fingerprint density at radius 1 is 1.48 bits per heavy atom. The van der Waals surface area contributed by atoms with Crippen LogP contribution in [-0.2, 0) is 14.8 Å². The van der Waals surface area contributed by atoms with Crippen LogP contribution >= 0.6 is 11.3 Å². The Morgan fingerprint density at radius 2 is 2.14 bits per heavy atom. The molecule has 1 N–H and O–H groups in total. The summed E-state index contributed by atoms with van der Waals surface area (Å²) in [5.41, 5.74) is 0. The molecule has 2 rings (SSSR count). The number of anilines is 1. The van der Waals surface area contributed by atoms with E-state index in [1.807, 2.05) is 6.07 Å². The summed E-state index contributed by atoms with van der Waals surface area (Å²) >= 11 is 0.788. The summed E-state index contributed by atoms with van der Waals surface area (Å²) in [4.78, 5) is 10.9. The Morgan fingerprint density at radius 3 is 2.71 bits per heavy atom. The fourth-order valence-electron chi connectivity index (χ4n) is 2.29. The van der Waals surface area contributed by atoms with Gasteiger partial charge in [0.25, 0.3) is 10.0 Å². The number of aromatic nitrogens is 2. The van der Waals surface area contributed by atoms with Crippen LogP contribution in [-0.4, -0.2) is 41.4 Å². The van der Waals surface area contributed by atoms with Crippen LogP contribution in [0.5, 0.6) is 0 Å². The van der Waals surface area contributed by atoms with Gasteiger partial charge in [-0.25, -0.2) is 8.42 Å². The molecule has 0 saturated heterocycles. The van der Waals surface area contributed by atoms with Crippen LogP contribution in [0.1, 0.15) is 32.6 Å². The van der Waals surface area contributed by atoms with Gasteiger partial charge in [-0.1, -0.05) is 24.2 Å². The highest BCUT2D eigenvalue weighted by atomic mass is 32.2. The van der Waals surface area contributed by atoms with Gasteiger partial charge in [0.2, 0.25) is 15.4 Å². The van der Waals surface area contributed by atoms with Crippen molar-refractivity contribution >= 4 is 32.4 Å². The van der Waals surface area contributed by atoms with Gasteiger partial charge in [0.05, 0.1) is 6.07 Å². The predicted molar refractivity (Wildman–Crippen MR) is 76.0 cm³/mol. The second-order valence-electron chi connectivity index (χ2n) is 4.70. The van der Waals surface area contributed by atoms with Crippen LogP contribution in [0, 0.1) is 11.3 Å². The average Bonchev–Trinajstić information content (AvgIpc) is 3.05. The quantitative estimate of drug-likeness (QED) is 0.635.